The normalized spacial score (nSPS) is 13.8. The maximum atomic E-state index is 12.6. The molecule has 0 bridgehead atoms. The first-order valence-electron chi connectivity index (χ1n) is 8.69. The Morgan fingerprint density at radius 3 is 2.74 bits per heavy atom. The van der Waals surface area contributed by atoms with Crippen molar-refractivity contribution < 1.29 is 9.59 Å². The van der Waals surface area contributed by atoms with E-state index in [2.05, 4.69) is 20.4 Å². The van der Waals surface area contributed by atoms with E-state index in [0.717, 1.165) is 18.5 Å². The van der Waals surface area contributed by atoms with Crippen molar-refractivity contribution in [2.75, 3.05) is 11.9 Å². The second-order valence-corrected chi connectivity index (χ2v) is 6.28. The highest BCUT2D eigenvalue weighted by molar-refractivity contribution is 6.05. The third-order valence-corrected chi connectivity index (χ3v) is 4.43. The molecule has 8 heteroatoms. The summed E-state index contributed by atoms with van der Waals surface area (Å²) in [7, 11) is 0. The van der Waals surface area contributed by atoms with Crippen LogP contribution in [0.1, 0.15) is 28.8 Å². The van der Waals surface area contributed by atoms with Crippen LogP contribution < -0.4 is 5.32 Å². The van der Waals surface area contributed by atoms with Gasteiger partial charge in [0.15, 0.2) is 5.82 Å². The van der Waals surface area contributed by atoms with Crippen molar-refractivity contribution in [2.24, 2.45) is 0 Å². The molecule has 1 aromatic carbocycles. The number of carbonyl (C=O) groups excluding carboxylic acids is 2. The van der Waals surface area contributed by atoms with Gasteiger partial charge in [0.2, 0.25) is 5.91 Å². The van der Waals surface area contributed by atoms with Gasteiger partial charge in [-0.1, -0.05) is 12.1 Å². The summed E-state index contributed by atoms with van der Waals surface area (Å²) < 4.78 is 1.49. The molecule has 4 rings (SSSR count). The van der Waals surface area contributed by atoms with Gasteiger partial charge in [-0.15, -0.1) is 0 Å². The Labute approximate surface area is 155 Å². The van der Waals surface area contributed by atoms with Gasteiger partial charge in [-0.05, 0) is 36.2 Å². The van der Waals surface area contributed by atoms with Gasteiger partial charge < -0.3 is 10.2 Å². The number of benzene rings is 1. The molecule has 2 aromatic heterocycles. The molecule has 2 amide bonds. The number of likely N-dealkylation sites (tertiary alicyclic amines) is 1. The average molecular weight is 362 g/mol. The predicted octanol–water partition coefficient (Wildman–Crippen LogP) is 2.04. The molecular formula is C19H18N6O2. The molecule has 3 heterocycles. The monoisotopic (exact) mass is 362 g/mol. The Kier molecular flexibility index (Phi) is 4.61. The van der Waals surface area contributed by atoms with E-state index in [1.807, 2.05) is 17.0 Å². The van der Waals surface area contributed by atoms with Crippen molar-refractivity contribution in [2.45, 2.75) is 19.4 Å². The SMILES string of the molecule is O=C(Nc1cccnc1-n1cncn1)c1ccc(CN2CCCC2=O)cc1. The molecule has 1 fully saturated rings. The summed E-state index contributed by atoms with van der Waals surface area (Å²) in [5.41, 5.74) is 2.08. The van der Waals surface area contributed by atoms with Crippen LogP contribution in [-0.4, -0.2) is 43.0 Å². The fraction of sp³-hybridized carbons (Fsp3) is 0.211. The van der Waals surface area contributed by atoms with Crippen molar-refractivity contribution >= 4 is 17.5 Å². The molecule has 1 aliphatic rings. The van der Waals surface area contributed by atoms with E-state index in [4.69, 9.17) is 0 Å². The Hall–Kier alpha value is -3.55. The summed E-state index contributed by atoms with van der Waals surface area (Å²) in [6, 6.07) is 10.8. The first-order valence-corrected chi connectivity index (χ1v) is 8.69. The number of pyridine rings is 1. The summed E-state index contributed by atoms with van der Waals surface area (Å²) in [5.74, 6) is 0.440. The van der Waals surface area contributed by atoms with E-state index in [-0.39, 0.29) is 11.8 Å². The van der Waals surface area contributed by atoms with Crippen molar-refractivity contribution in [1.82, 2.24) is 24.6 Å². The summed E-state index contributed by atoms with van der Waals surface area (Å²) >= 11 is 0. The van der Waals surface area contributed by atoms with Crippen LogP contribution in [0.5, 0.6) is 0 Å². The number of carbonyl (C=O) groups is 2. The topological polar surface area (TPSA) is 93.0 Å². The number of aromatic nitrogens is 4. The van der Waals surface area contributed by atoms with Crippen LogP contribution in [0.15, 0.2) is 55.2 Å². The zero-order valence-electron chi connectivity index (χ0n) is 14.6. The van der Waals surface area contributed by atoms with Crippen LogP contribution in [0.4, 0.5) is 5.69 Å². The Balaban J connectivity index is 1.47. The predicted molar refractivity (Wildman–Crippen MR) is 98.2 cm³/mol. The van der Waals surface area contributed by atoms with E-state index >= 15 is 0 Å². The van der Waals surface area contributed by atoms with Crippen LogP contribution in [0.25, 0.3) is 5.82 Å². The molecule has 136 valence electrons. The minimum Gasteiger partial charge on any atom is -0.338 e. The van der Waals surface area contributed by atoms with Gasteiger partial charge in [0.05, 0.1) is 5.69 Å². The highest BCUT2D eigenvalue weighted by Gasteiger charge is 2.20. The second-order valence-electron chi connectivity index (χ2n) is 6.28. The molecule has 3 aromatic rings. The molecule has 27 heavy (non-hydrogen) atoms. The molecule has 0 unspecified atom stereocenters. The number of amides is 2. The zero-order chi connectivity index (χ0) is 18.6. The highest BCUT2D eigenvalue weighted by atomic mass is 16.2. The third kappa shape index (κ3) is 3.69. The molecule has 0 radical (unpaired) electrons. The fourth-order valence-electron chi connectivity index (χ4n) is 3.04. The number of hydrogen-bond donors (Lipinski definition) is 1. The standard InChI is InChI=1S/C19H18N6O2/c26-17-4-2-10-24(17)11-14-5-7-15(8-6-14)19(27)23-16-3-1-9-21-18(16)25-13-20-12-22-25/h1,3,5-9,12-13H,2,4,10-11H2,(H,23,27). The van der Waals surface area contributed by atoms with Crippen LogP contribution >= 0.6 is 0 Å². The number of nitrogens with one attached hydrogen (secondary N) is 1. The van der Waals surface area contributed by atoms with Gasteiger partial charge in [0.25, 0.3) is 5.91 Å². The molecule has 8 nitrogen and oxygen atoms in total. The molecule has 1 N–H and O–H groups in total. The molecular weight excluding hydrogens is 344 g/mol. The van der Waals surface area contributed by atoms with Gasteiger partial charge in [-0.25, -0.2) is 14.6 Å². The Morgan fingerprint density at radius 2 is 2.04 bits per heavy atom. The highest BCUT2D eigenvalue weighted by Crippen LogP contribution is 2.18. The summed E-state index contributed by atoms with van der Waals surface area (Å²) in [6.07, 6.45) is 6.09. The quantitative estimate of drug-likeness (QED) is 0.750. The summed E-state index contributed by atoms with van der Waals surface area (Å²) in [6.45, 7) is 1.38. The van der Waals surface area contributed by atoms with Crippen LogP contribution in [0.3, 0.4) is 0 Å². The molecule has 0 spiro atoms. The second kappa shape index (κ2) is 7.36. The van der Waals surface area contributed by atoms with Crippen molar-refractivity contribution in [1.29, 1.82) is 0 Å². The minimum atomic E-state index is -0.242. The van der Waals surface area contributed by atoms with Gasteiger partial charge in [-0.3, -0.25) is 9.59 Å². The van der Waals surface area contributed by atoms with Gasteiger partial charge in [0.1, 0.15) is 12.7 Å². The van der Waals surface area contributed by atoms with E-state index in [0.29, 0.717) is 30.0 Å². The Morgan fingerprint density at radius 1 is 1.19 bits per heavy atom. The van der Waals surface area contributed by atoms with Gasteiger partial charge in [-0.2, -0.15) is 5.10 Å². The molecule has 1 aliphatic heterocycles. The average Bonchev–Trinajstić information content (AvgIpc) is 3.35. The summed E-state index contributed by atoms with van der Waals surface area (Å²) in [5, 5.41) is 6.91. The van der Waals surface area contributed by atoms with E-state index in [9.17, 15) is 9.59 Å². The number of nitrogens with zero attached hydrogens (tertiary/aromatic N) is 5. The van der Waals surface area contributed by atoms with E-state index < -0.39 is 0 Å². The van der Waals surface area contributed by atoms with Crippen LogP contribution in [0.2, 0.25) is 0 Å². The lowest BCUT2D eigenvalue weighted by molar-refractivity contribution is -0.128. The number of hydrogen-bond acceptors (Lipinski definition) is 5. The van der Waals surface area contributed by atoms with Crippen molar-refractivity contribution in [3.05, 3.63) is 66.4 Å². The molecule has 0 saturated carbocycles. The maximum absolute atomic E-state index is 12.6. The Bertz CT molecular complexity index is 953. The number of rotatable bonds is 5. The maximum Gasteiger partial charge on any atom is 0.255 e. The third-order valence-electron chi connectivity index (χ3n) is 4.43. The summed E-state index contributed by atoms with van der Waals surface area (Å²) in [4.78, 5) is 34.3. The number of anilines is 1. The lowest BCUT2D eigenvalue weighted by Crippen LogP contribution is -2.23. The van der Waals surface area contributed by atoms with E-state index in [1.165, 1.54) is 17.3 Å². The van der Waals surface area contributed by atoms with Crippen LogP contribution in [-0.2, 0) is 11.3 Å². The minimum absolute atomic E-state index is 0.189. The first kappa shape index (κ1) is 16.9. The lowest BCUT2D eigenvalue weighted by Gasteiger charge is -2.15. The molecule has 0 atom stereocenters. The first-order chi connectivity index (χ1) is 13.2. The van der Waals surface area contributed by atoms with Crippen LogP contribution in [0, 0.1) is 0 Å². The van der Waals surface area contributed by atoms with Crippen molar-refractivity contribution in [3.8, 4) is 5.82 Å². The van der Waals surface area contributed by atoms with Gasteiger partial charge in [0, 0.05) is 31.3 Å². The largest absolute Gasteiger partial charge is 0.338 e. The smallest absolute Gasteiger partial charge is 0.255 e. The lowest BCUT2D eigenvalue weighted by atomic mass is 10.1. The molecule has 0 aliphatic carbocycles. The van der Waals surface area contributed by atoms with E-state index in [1.54, 1.807) is 30.5 Å². The fourth-order valence-corrected chi connectivity index (χ4v) is 3.04. The molecule has 1 saturated heterocycles. The van der Waals surface area contributed by atoms with Gasteiger partial charge >= 0.3 is 0 Å². The van der Waals surface area contributed by atoms with Crippen molar-refractivity contribution in [3.63, 3.8) is 0 Å². The zero-order valence-corrected chi connectivity index (χ0v) is 14.6.